The standard InChI is InChI=1S/C14H20O/c1-4-14(3,10-5-11-15)13-8-6-12(2)7-9-13/h4,6-9,15H,1,5,10-11H2,2-3H3. The summed E-state index contributed by atoms with van der Waals surface area (Å²) in [5.41, 5.74) is 2.53. The van der Waals surface area contributed by atoms with Crippen LogP contribution in [0.4, 0.5) is 0 Å². The molecule has 1 atom stereocenters. The third-order valence-electron chi connectivity index (χ3n) is 3.02. The second-order valence-electron chi connectivity index (χ2n) is 4.31. The monoisotopic (exact) mass is 204 g/mol. The average Bonchev–Trinajstić information content (AvgIpc) is 2.27. The molecular formula is C14H20O. The smallest absolute Gasteiger partial charge is 0.0431 e. The molecule has 0 amide bonds. The SMILES string of the molecule is C=CC(C)(CCCO)c1ccc(C)cc1. The third kappa shape index (κ3) is 2.93. The van der Waals surface area contributed by atoms with Crippen molar-refractivity contribution in [1.82, 2.24) is 0 Å². The lowest BCUT2D eigenvalue weighted by Gasteiger charge is -2.26. The second kappa shape index (κ2) is 5.13. The fourth-order valence-electron chi connectivity index (χ4n) is 1.74. The molecule has 1 rings (SSSR count). The normalized spacial score (nSPS) is 14.6. The van der Waals surface area contributed by atoms with E-state index in [9.17, 15) is 0 Å². The summed E-state index contributed by atoms with van der Waals surface area (Å²) in [4.78, 5) is 0. The molecule has 0 heterocycles. The predicted molar refractivity (Wildman–Crippen MR) is 65.0 cm³/mol. The fraction of sp³-hybridized carbons (Fsp3) is 0.429. The first kappa shape index (κ1) is 12.0. The van der Waals surface area contributed by atoms with Crippen LogP contribution in [0.1, 0.15) is 30.9 Å². The van der Waals surface area contributed by atoms with Gasteiger partial charge in [-0.3, -0.25) is 0 Å². The Morgan fingerprint density at radius 1 is 1.33 bits per heavy atom. The second-order valence-corrected chi connectivity index (χ2v) is 4.31. The zero-order valence-corrected chi connectivity index (χ0v) is 9.66. The minimum atomic E-state index is -0.0174. The highest BCUT2D eigenvalue weighted by Gasteiger charge is 2.21. The van der Waals surface area contributed by atoms with Crippen molar-refractivity contribution in [1.29, 1.82) is 0 Å². The Labute approximate surface area is 92.5 Å². The van der Waals surface area contributed by atoms with Crippen LogP contribution in [0.15, 0.2) is 36.9 Å². The number of aryl methyl sites for hydroxylation is 1. The van der Waals surface area contributed by atoms with Gasteiger partial charge in [-0.1, -0.05) is 42.8 Å². The Balaban J connectivity index is 2.89. The minimum Gasteiger partial charge on any atom is -0.396 e. The zero-order valence-electron chi connectivity index (χ0n) is 9.66. The molecule has 0 aliphatic heterocycles. The lowest BCUT2D eigenvalue weighted by atomic mass is 9.78. The maximum absolute atomic E-state index is 8.88. The highest BCUT2D eigenvalue weighted by Crippen LogP contribution is 2.30. The summed E-state index contributed by atoms with van der Waals surface area (Å²) < 4.78 is 0. The van der Waals surface area contributed by atoms with Crippen LogP contribution in [0.5, 0.6) is 0 Å². The molecule has 1 aromatic carbocycles. The van der Waals surface area contributed by atoms with Crippen molar-refractivity contribution < 1.29 is 5.11 Å². The van der Waals surface area contributed by atoms with Crippen molar-refractivity contribution >= 4 is 0 Å². The van der Waals surface area contributed by atoms with E-state index in [2.05, 4.69) is 44.7 Å². The molecule has 0 aliphatic rings. The van der Waals surface area contributed by atoms with E-state index in [0.717, 1.165) is 12.8 Å². The fourth-order valence-corrected chi connectivity index (χ4v) is 1.74. The average molecular weight is 204 g/mol. The molecule has 0 saturated heterocycles. The minimum absolute atomic E-state index is 0.0174. The molecule has 1 heteroatoms. The molecule has 0 aliphatic carbocycles. The highest BCUT2D eigenvalue weighted by molar-refractivity contribution is 5.31. The molecule has 0 spiro atoms. The molecule has 0 bridgehead atoms. The Morgan fingerprint density at radius 3 is 2.40 bits per heavy atom. The van der Waals surface area contributed by atoms with Gasteiger partial charge in [-0.05, 0) is 25.3 Å². The summed E-state index contributed by atoms with van der Waals surface area (Å²) in [5, 5.41) is 8.88. The maximum Gasteiger partial charge on any atom is 0.0431 e. The third-order valence-corrected chi connectivity index (χ3v) is 3.02. The molecule has 1 N–H and O–H groups in total. The molecule has 1 nitrogen and oxygen atoms in total. The van der Waals surface area contributed by atoms with Crippen LogP contribution in [0.25, 0.3) is 0 Å². The van der Waals surface area contributed by atoms with E-state index in [1.165, 1.54) is 11.1 Å². The Kier molecular flexibility index (Phi) is 4.10. The summed E-state index contributed by atoms with van der Waals surface area (Å²) in [6.07, 6.45) is 3.74. The Hall–Kier alpha value is -1.08. The first-order valence-corrected chi connectivity index (χ1v) is 5.44. The van der Waals surface area contributed by atoms with Gasteiger partial charge in [0.15, 0.2) is 0 Å². The number of allylic oxidation sites excluding steroid dienone is 1. The van der Waals surface area contributed by atoms with Crippen molar-refractivity contribution in [3.63, 3.8) is 0 Å². The van der Waals surface area contributed by atoms with Crippen LogP contribution in [0, 0.1) is 6.92 Å². The first-order valence-electron chi connectivity index (χ1n) is 5.44. The number of aliphatic hydroxyl groups excluding tert-OH is 1. The molecule has 1 unspecified atom stereocenters. The number of benzene rings is 1. The molecule has 15 heavy (non-hydrogen) atoms. The molecule has 0 fully saturated rings. The molecule has 1 aromatic rings. The van der Waals surface area contributed by atoms with Crippen molar-refractivity contribution in [3.05, 3.63) is 48.0 Å². The van der Waals surface area contributed by atoms with Gasteiger partial charge in [-0.15, -0.1) is 6.58 Å². The molecule has 0 radical (unpaired) electrons. The summed E-state index contributed by atoms with van der Waals surface area (Å²) in [6.45, 7) is 8.40. The zero-order chi connectivity index (χ0) is 11.3. The highest BCUT2D eigenvalue weighted by atomic mass is 16.2. The summed E-state index contributed by atoms with van der Waals surface area (Å²) in [7, 11) is 0. The number of rotatable bonds is 5. The van der Waals surface area contributed by atoms with E-state index in [1.807, 2.05) is 6.08 Å². The molecule has 0 aromatic heterocycles. The van der Waals surface area contributed by atoms with E-state index in [1.54, 1.807) is 0 Å². The van der Waals surface area contributed by atoms with Crippen LogP contribution in [0.2, 0.25) is 0 Å². The number of hydrogen-bond donors (Lipinski definition) is 1. The van der Waals surface area contributed by atoms with Crippen molar-refractivity contribution in [2.24, 2.45) is 0 Å². The topological polar surface area (TPSA) is 20.2 Å². The lowest BCUT2D eigenvalue weighted by molar-refractivity contribution is 0.273. The van der Waals surface area contributed by atoms with Gasteiger partial charge in [0.25, 0.3) is 0 Å². The van der Waals surface area contributed by atoms with Gasteiger partial charge in [0.1, 0.15) is 0 Å². The summed E-state index contributed by atoms with van der Waals surface area (Å²) in [5.74, 6) is 0. The summed E-state index contributed by atoms with van der Waals surface area (Å²) in [6, 6.07) is 8.54. The van der Waals surface area contributed by atoms with Gasteiger partial charge >= 0.3 is 0 Å². The van der Waals surface area contributed by atoms with Crippen molar-refractivity contribution in [2.75, 3.05) is 6.61 Å². The maximum atomic E-state index is 8.88. The van der Waals surface area contributed by atoms with Gasteiger partial charge in [0.2, 0.25) is 0 Å². The van der Waals surface area contributed by atoms with E-state index >= 15 is 0 Å². The number of aliphatic hydroxyl groups is 1. The number of hydrogen-bond acceptors (Lipinski definition) is 1. The van der Waals surface area contributed by atoms with E-state index < -0.39 is 0 Å². The van der Waals surface area contributed by atoms with Crippen LogP contribution in [0.3, 0.4) is 0 Å². The Bertz CT molecular complexity index is 313. The van der Waals surface area contributed by atoms with Crippen LogP contribution < -0.4 is 0 Å². The molecular weight excluding hydrogens is 184 g/mol. The quantitative estimate of drug-likeness (QED) is 0.730. The van der Waals surface area contributed by atoms with E-state index in [-0.39, 0.29) is 12.0 Å². The van der Waals surface area contributed by atoms with E-state index in [0.29, 0.717) is 0 Å². The van der Waals surface area contributed by atoms with Crippen LogP contribution >= 0.6 is 0 Å². The molecule has 0 saturated carbocycles. The van der Waals surface area contributed by atoms with Crippen LogP contribution in [-0.2, 0) is 5.41 Å². The largest absolute Gasteiger partial charge is 0.396 e. The van der Waals surface area contributed by atoms with Gasteiger partial charge in [0.05, 0.1) is 0 Å². The van der Waals surface area contributed by atoms with Crippen molar-refractivity contribution in [3.8, 4) is 0 Å². The first-order chi connectivity index (χ1) is 7.12. The van der Waals surface area contributed by atoms with Crippen molar-refractivity contribution in [2.45, 2.75) is 32.1 Å². The van der Waals surface area contributed by atoms with Gasteiger partial charge in [-0.2, -0.15) is 0 Å². The van der Waals surface area contributed by atoms with Gasteiger partial charge in [0, 0.05) is 12.0 Å². The van der Waals surface area contributed by atoms with Crippen LogP contribution in [-0.4, -0.2) is 11.7 Å². The van der Waals surface area contributed by atoms with Gasteiger partial charge in [-0.25, -0.2) is 0 Å². The van der Waals surface area contributed by atoms with Gasteiger partial charge < -0.3 is 5.11 Å². The Morgan fingerprint density at radius 2 is 1.93 bits per heavy atom. The summed E-state index contributed by atoms with van der Waals surface area (Å²) >= 11 is 0. The van der Waals surface area contributed by atoms with E-state index in [4.69, 9.17) is 5.11 Å². The molecule has 82 valence electrons. The predicted octanol–water partition coefficient (Wildman–Crippen LogP) is 3.21. The lowest BCUT2D eigenvalue weighted by Crippen LogP contribution is -2.19.